The van der Waals surface area contributed by atoms with E-state index in [2.05, 4.69) is 5.32 Å². The zero-order chi connectivity index (χ0) is 24.4. The maximum absolute atomic E-state index is 12.9. The fourth-order valence-corrected chi connectivity index (χ4v) is 3.70. The fraction of sp³-hybridized carbons (Fsp3) is 0.154. The second kappa shape index (κ2) is 9.79. The molecule has 0 aliphatic carbocycles. The van der Waals surface area contributed by atoms with Crippen molar-refractivity contribution in [1.82, 2.24) is 0 Å². The first-order valence-corrected chi connectivity index (χ1v) is 11.2. The third-order valence-corrected chi connectivity index (χ3v) is 6.27. The second-order valence-corrected chi connectivity index (χ2v) is 8.59. The Morgan fingerprint density at radius 3 is 2.47 bits per heavy atom. The Labute approximate surface area is 206 Å². The van der Waals surface area contributed by atoms with Crippen molar-refractivity contribution in [2.24, 2.45) is 0 Å². The molecule has 1 heterocycles. The second-order valence-electron chi connectivity index (χ2n) is 7.81. The van der Waals surface area contributed by atoms with Crippen LogP contribution in [0.2, 0.25) is 10.0 Å². The smallest absolute Gasteiger partial charge is 0.262 e. The van der Waals surface area contributed by atoms with E-state index in [1.165, 1.54) is 6.26 Å². The van der Waals surface area contributed by atoms with Gasteiger partial charge in [-0.3, -0.25) is 9.59 Å². The number of halogens is 2. The van der Waals surface area contributed by atoms with Crippen molar-refractivity contribution < 1.29 is 18.7 Å². The molecule has 0 spiro atoms. The highest BCUT2D eigenvalue weighted by Crippen LogP contribution is 2.29. The molecule has 4 rings (SSSR count). The van der Waals surface area contributed by atoms with Crippen LogP contribution in [0.4, 0.5) is 5.69 Å². The number of hydrogen-bond donors (Lipinski definition) is 1. The lowest BCUT2D eigenvalue weighted by molar-refractivity contribution is -0.118. The lowest BCUT2D eigenvalue weighted by Crippen LogP contribution is -2.20. The average Bonchev–Trinajstić information content (AvgIpc) is 2.81. The zero-order valence-corrected chi connectivity index (χ0v) is 20.2. The molecule has 4 aromatic rings. The third kappa shape index (κ3) is 5.03. The van der Waals surface area contributed by atoms with Crippen molar-refractivity contribution >= 4 is 45.8 Å². The molecule has 0 aliphatic heterocycles. The van der Waals surface area contributed by atoms with Gasteiger partial charge in [-0.1, -0.05) is 29.3 Å². The van der Waals surface area contributed by atoms with E-state index in [0.717, 1.165) is 16.7 Å². The number of ether oxygens (including phenoxy) is 2. The van der Waals surface area contributed by atoms with Gasteiger partial charge < -0.3 is 19.2 Å². The number of hydrogen-bond acceptors (Lipinski definition) is 5. The van der Waals surface area contributed by atoms with Gasteiger partial charge >= 0.3 is 0 Å². The molecule has 1 aromatic heterocycles. The number of rotatable bonds is 6. The van der Waals surface area contributed by atoms with Crippen molar-refractivity contribution in [1.29, 1.82) is 0 Å². The molecule has 34 heavy (non-hydrogen) atoms. The summed E-state index contributed by atoms with van der Waals surface area (Å²) in [5, 5.41) is 4.31. The van der Waals surface area contributed by atoms with Gasteiger partial charge in [0.15, 0.2) is 6.61 Å². The van der Waals surface area contributed by atoms with Crippen LogP contribution < -0.4 is 20.2 Å². The molecule has 0 radical (unpaired) electrons. The topological polar surface area (TPSA) is 77.8 Å². The van der Waals surface area contributed by atoms with Crippen molar-refractivity contribution in [3.05, 3.63) is 91.8 Å². The van der Waals surface area contributed by atoms with E-state index in [1.807, 2.05) is 20.8 Å². The van der Waals surface area contributed by atoms with Crippen LogP contribution in [0.25, 0.3) is 11.0 Å². The summed E-state index contributed by atoms with van der Waals surface area (Å²) in [6.45, 7) is 5.32. The van der Waals surface area contributed by atoms with E-state index >= 15 is 0 Å². The van der Waals surface area contributed by atoms with Crippen LogP contribution in [-0.2, 0) is 4.79 Å². The quantitative estimate of drug-likeness (QED) is 0.315. The molecule has 0 bridgehead atoms. The number of carbonyl (C=O) groups is 1. The first-order valence-electron chi connectivity index (χ1n) is 10.4. The van der Waals surface area contributed by atoms with Crippen LogP contribution in [0.15, 0.2) is 64.0 Å². The molecular formula is C26H21Cl2NO5. The standard InChI is InChI=1S/C26H21Cl2NO5/c1-14-9-18(10-15(2)25(14)28)34-23-12-33-22-11-17(7-8-19(22)26(23)31)32-13-24(30)29-21-6-4-5-20(27)16(21)3/h4-12H,13H2,1-3H3,(H,29,30). The molecule has 1 amide bonds. The Hall–Kier alpha value is -3.48. The summed E-state index contributed by atoms with van der Waals surface area (Å²) in [5.41, 5.74) is 3.06. The molecule has 0 saturated carbocycles. The number of nitrogens with one attached hydrogen (secondary N) is 1. The number of anilines is 1. The van der Waals surface area contributed by atoms with Gasteiger partial charge in [0.05, 0.1) is 5.39 Å². The normalized spacial score (nSPS) is 10.9. The van der Waals surface area contributed by atoms with Gasteiger partial charge in [-0.05, 0) is 73.9 Å². The molecule has 1 N–H and O–H groups in total. The summed E-state index contributed by atoms with van der Waals surface area (Å²) in [6, 6.07) is 13.5. The van der Waals surface area contributed by atoms with Gasteiger partial charge in [0, 0.05) is 21.8 Å². The van der Waals surface area contributed by atoms with Gasteiger partial charge in [0.25, 0.3) is 5.91 Å². The van der Waals surface area contributed by atoms with Crippen LogP contribution in [0.5, 0.6) is 17.2 Å². The summed E-state index contributed by atoms with van der Waals surface area (Å²) in [6.07, 6.45) is 1.25. The van der Waals surface area contributed by atoms with E-state index in [1.54, 1.807) is 48.5 Å². The van der Waals surface area contributed by atoms with Crippen LogP contribution in [0, 0.1) is 20.8 Å². The van der Waals surface area contributed by atoms with E-state index in [9.17, 15) is 9.59 Å². The number of amides is 1. The maximum Gasteiger partial charge on any atom is 0.262 e. The highest BCUT2D eigenvalue weighted by Gasteiger charge is 2.13. The van der Waals surface area contributed by atoms with Crippen LogP contribution >= 0.6 is 23.2 Å². The van der Waals surface area contributed by atoms with Crippen molar-refractivity contribution in [3.8, 4) is 17.2 Å². The molecule has 0 aliphatic rings. The Bertz CT molecular complexity index is 1440. The molecule has 0 unspecified atom stereocenters. The minimum atomic E-state index is -0.343. The lowest BCUT2D eigenvalue weighted by atomic mass is 10.1. The molecule has 6 nitrogen and oxygen atoms in total. The van der Waals surface area contributed by atoms with Crippen LogP contribution in [0.3, 0.4) is 0 Å². The Morgan fingerprint density at radius 2 is 1.74 bits per heavy atom. The number of aryl methyl sites for hydroxylation is 2. The molecule has 0 saturated heterocycles. The highest BCUT2D eigenvalue weighted by molar-refractivity contribution is 6.32. The minimum Gasteiger partial charge on any atom is -0.484 e. The lowest BCUT2D eigenvalue weighted by Gasteiger charge is -2.11. The van der Waals surface area contributed by atoms with Gasteiger partial charge in [0.2, 0.25) is 11.2 Å². The monoisotopic (exact) mass is 497 g/mol. The van der Waals surface area contributed by atoms with Gasteiger partial charge in [-0.25, -0.2) is 0 Å². The Morgan fingerprint density at radius 1 is 1.00 bits per heavy atom. The summed E-state index contributed by atoms with van der Waals surface area (Å²) in [7, 11) is 0. The summed E-state index contributed by atoms with van der Waals surface area (Å²) < 4.78 is 16.9. The third-order valence-electron chi connectivity index (χ3n) is 5.26. The first-order chi connectivity index (χ1) is 16.2. The van der Waals surface area contributed by atoms with E-state index in [4.69, 9.17) is 37.1 Å². The molecular weight excluding hydrogens is 477 g/mol. The Balaban J connectivity index is 1.47. The van der Waals surface area contributed by atoms with E-state index in [0.29, 0.717) is 38.2 Å². The molecule has 3 aromatic carbocycles. The molecule has 0 atom stereocenters. The minimum absolute atomic E-state index is 0.0542. The molecule has 8 heteroatoms. The predicted molar refractivity (Wildman–Crippen MR) is 134 cm³/mol. The van der Waals surface area contributed by atoms with E-state index < -0.39 is 0 Å². The summed E-state index contributed by atoms with van der Waals surface area (Å²) in [4.78, 5) is 25.2. The van der Waals surface area contributed by atoms with Crippen molar-refractivity contribution in [3.63, 3.8) is 0 Å². The fourth-order valence-electron chi connectivity index (χ4n) is 3.42. The number of carbonyl (C=O) groups excluding carboxylic acids is 1. The number of fused-ring (bicyclic) bond motifs is 1. The first kappa shape index (κ1) is 23.7. The zero-order valence-electron chi connectivity index (χ0n) is 18.7. The number of benzene rings is 3. The summed E-state index contributed by atoms with van der Waals surface area (Å²) in [5.74, 6) is 0.584. The van der Waals surface area contributed by atoms with E-state index in [-0.39, 0.29) is 23.7 Å². The van der Waals surface area contributed by atoms with Crippen LogP contribution in [0.1, 0.15) is 16.7 Å². The van der Waals surface area contributed by atoms with Gasteiger partial charge in [0.1, 0.15) is 23.3 Å². The molecule has 0 fully saturated rings. The average molecular weight is 498 g/mol. The van der Waals surface area contributed by atoms with Gasteiger partial charge in [-0.15, -0.1) is 0 Å². The van der Waals surface area contributed by atoms with Gasteiger partial charge in [-0.2, -0.15) is 0 Å². The molecule has 174 valence electrons. The largest absolute Gasteiger partial charge is 0.484 e. The Kier molecular flexibility index (Phi) is 6.82. The van der Waals surface area contributed by atoms with Crippen molar-refractivity contribution in [2.75, 3.05) is 11.9 Å². The highest BCUT2D eigenvalue weighted by atomic mass is 35.5. The summed E-state index contributed by atoms with van der Waals surface area (Å²) >= 11 is 12.3. The van der Waals surface area contributed by atoms with Crippen molar-refractivity contribution in [2.45, 2.75) is 20.8 Å². The maximum atomic E-state index is 12.9. The SMILES string of the molecule is Cc1cc(Oc2coc3cc(OCC(=O)Nc4cccc(Cl)c4C)ccc3c2=O)cc(C)c1Cl. The predicted octanol–water partition coefficient (Wildman–Crippen LogP) is 6.83. The van der Waals surface area contributed by atoms with Crippen LogP contribution in [-0.4, -0.2) is 12.5 Å².